The van der Waals surface area contributed by atoms with Crippen molar-refractivity contribution in [2.75, 3.05) is 0 Å². The molecule has 0 saturated carbocycles. The fourth-order valence-electron chi connectivity index (χ4n) is 3.92. The van der Waals surface area contributed by atoms with E-state index in [-0.39, 0.29) is 6.42 Å². The van der Waals surface area contributed by atoms with E-state index in [1.807, 2.05) is 37.4 Å². The Bertz CT molecular complexity index is 1180. The third kappa shape index (κ3) is 7.31. The number of para-hydroxylation sites is 1. The first-order chi connectivity index (χ1) is 16.8. The van der Waals surface area contributed by atoms with E-state index in [2.05, 4.69) is 15.6 Å². The molecular formula is C26H30Cl2N4O3. The van der Waals surface area contributed by atoms with E-state index in [4.69, 9.17) is 28.9 Å². The number of nitrogens with one attached hydrogen (secondary N) is 3. The molecule has 3 rings (SSSR count). The number of halogens is 2. The molecule has 0 aliphatic rings. The van der Waals surface area contributed by atoms with Gasteiger partial charge in [-0.05, 0) is 48.6 Å². The summed E-state index contributed by atoms with van der Waals surface area (Å²) >= 11 is 12.0. The van der Waals surface area contributed by atoms with E-state index >= 15 is 0 Å². The van der Waals surface area contributed by atoms with Crippen LogP contribution < -0.4 is 16.4 Å². The molecule has 0 aliphatic heterocycles. The number of fused-ring (bicyclic) bond motifs is 1. The molecule has 7 nitrogen and oxygen atoms in total. The fraction of sp³-hybridized carbons (Fsp3) is 0.346. The van der Waals surface area contributed by atoms with Crippen molar-refractivity contribution in [3.63, 3.8) is 0 Å². The molecule has 0 spiro atoms. The summed E-state index contributed by atoms with van der Waals surface area (Å²) in [5.41, 5.74) is 8.85. The maximum Gasteiger partial charge on any atom is 0.243 e. The molecule has 3 aromatic rings. The molecule has 0 saturated heterocycles. The van der Waals surface area contributed by atoms with Crippen LogP contribution in [0.5, 0.6) is 0 Å². The summed E-state index contributed by atoms with van der Waals surface area (Å²) in [6.07, 6.45) is 5.10. The minimum atomic E-state index is -0.829. The van der Waals surface area contributed by atoms with Gasteiger partial charge in [-0.1, -0.05) is 67.2 Å². The molecule has 186 valence electrons. The van der Waals surface area contributed by atoms with Crippen LogP contribution in [0.4, 0.5) is 0 Å². The Balaban J connectivity index is 1.63. The van der Waals surface area contributed by atoms with Crippen LogP contribution in [0.25, 0.3) is 10.9 Å². The van der Waals surface area contributed by atoms with Crippen LogP contribution in [0.2, 0.25) is 10.0 Å². The number of hydrogen-bond donors (Lipinski definition) is 4. The van der Waals surface area contributed by atoms with Gasteiger partial charge in [0.2, 0.25) is 11.8 Å². The number of aldehydes is 1. The van der Waals surface area contributed by atoms with Crippen molar-refractivity contribution in [1.29, 1.82) is 0 Å². The average Bonchev–Trinajstić information content (AvgIpc) is 3.26. The van der Waals surface area contributed by atoms with Crippen LogP contribution in [0.1, 0.15) is 37.3 Å². The molecule has 0 aliphatic carbocycles. The third-order valence-corrected chi connectivity index (χ3v) is 6.60. The van der Waals surface area contributed by atoms with E-state index in [9.17, 15) is 14.4 Å². The minimum Gasteiger partial charge on any atom is -0.361 e. The number of H-pyrrole nitrogens is 1. The lowest BCUT2D eigenvalue weighted by Gasteiger charge is -2.22. The largest absolute Gasteiger partial charge is 0.361 e. The van der Waals surface area contributed by atoms with Crippen molar-refractivity contribution in [2.24, 2.45) is 5.73 Å². The van der Waals surface area contributed by atoms with Gasteiger partial charge < -0.3 is 26.1 Å². The molecule has 0 fully saturated rings. The summed E-state index contributed by atoms with van der Waals surface area (Å²) in [5, 5.41) is 7.30. The molecule has 0 radical (unpaired) electrons. The van der Waals surface area contributed by atoms with Gasteiger partial charge >= 0.3 is 0 Å². The lowest BCUT2D eigenvalue weighted by atomic mass is 10.0. The first-order valence-electron chi connectivity index (χ1n) is 11.6. The molecule has 35 heavy (non-hydrogen) atoms. The fourth-order valence-corrected chi connectivity index (χ4v) is 4.24. The summed E-state index contributed by atoms with van der Waals surface area (Å²) in [7, 11) is 0. The molecule has 0 bridgehead atoms. The van der Waals surface area contributed by atoms with Crippen molar-refractivity contribution >= 4 is 52.2 Å². The van der Waals surface area contributed by atoms with Gasteiger partial charge in [0, 0.05) is 17.1 Å². The Morgan fingerprint density at radius 2 is 1.83 bits per heavy atom. The van der Waals surface area contributed by atoms with Crippen LogP contribution in [-0.2, 0) is 27.2 Å². The Kier molecular flexibility index (Phi) is 9.72. The first kappa shape index (κ1) is 26.7. The standard InChI is InChI=1S/C26H30Cl2N4O3/c1-2-3-7-24(26(35)31-18(15-33)11-16-9-10-20(27)21(28)12-16)32-25(34)22(29)13-17-14-30-23-8-5-4-6-19(17)23/h4-6,8-10,12,14-15,18,22,24,30H,2-3,7,11,13,29H2,1H3,(H,31,35)(H,32,34)/t18-,22-,24-/m0/s1. The zero-order valence-corrected chi connectivity index (χ0v) is 21.0. The van der Waals surface area contributed by atoms with E-state index in [1.165, 1.54) is 0 Å². The van der Waals surface area contributed by atoms with Crippen LogP contribution >= 0.6 is 23.2 Å². The first-order valence-corrected chi connectivity index (χ1v) is 12.4. The van der Waals surface area contributed by atoms with Crippen molar-refractivity contribution in [2.45, 2.75) is 57.2 Å². The highest BCUT2D eigenvalue weighted by Gasteiger charge is 2.26. The molecule has 1 aromatic heterocycles. The van der Waals surface area contributed by atoms with Gasteiger partial charge in [0.05, 0.1) is 22.1 Å². The normalized spacial score (nSPS) is 13.7. The SMILES string of the molecule is CCCC[C@H](NC(=O)[C@@H](N)Cc1c[nH]c2ccccc12)C(=O)N[C@H](C=O)Cc1ccc(Cl)c(Cl)c1. The van der Waals surface area contributed by atoms with Crippen molar-refractivity contribution in [3.05, 3.63) is 69.8 Å². The van der Waals surface area contributed by atoms with E-state index in [0.717, 1.165) is 34.9 Å². The van der Waals surface area contributed by atoms with Crippen LogP contribution in [-0.4, -0.2) is 41.2 Å². The second-order valence-corrected chi connectivity index (χ2v) is 9.39. The minimum absolute atomic E-state index is 0.251. The molecule has 1 heterocycles. The average molecular weight is 517 g/mol. The quantitative estimate of drug-likeness (QED) is 0.272. The number of rotatable bonds is 12. The Morgan fingerprint density at radius 1 is 1.06 bits per heavy atom. The van der Waals surface area contributed by atoms with Crippen molar-refractivity contribution < 1.29 is 14.4 Å². The highest BCUT2D eigenvalue weighted by Crippen LogP contribution is 2.23. The lowest BCUT2D eigenvalue weighted by molar-refractivity contribution is -0.130. The summed E-state index contributed by atoms with van der Waals surface area (Å²) in [5.74, 6) is -0.845. The second kappa shape index (κ2) is 12.7. The Morgan fingerprint density at radius 3 is 2.54 bits per heavy atom. The third-order valence-electron chi connectivity index (χ3n) is 5.86. The molecule has 3 atom stereocenters. The summed E-state index contributed by atoms with van der Waals surface area (Å²) in [6, 6.07) is 10.4. The van der Waals surface area contributed by atoms with Gasteiger partial charge in [-0.15, -0.1) is 0 Å². The van der Waals surface area contributed by atoms with Crippen LogP contribution in [0, 0.1) is 0 Å². The van der Waals surface area contributed by atoms with Gasteiger partial charge in [0.1, 0.15) is 12.3 Å². The van der Waals surface area contributed by atoms with Crippen LogP contribution in [0.3, 0.4) is 0 Å². The van der Waals surface area contributed by atoms with Crippen LogP contribution in [0.15, 0.2) is 48.7 Å². The Hall–Kier alpha value is -2.87. The number of nitrogens with two attached hydrogens (primary N) is 1. The van der Waals surface area contributed by atoms with Crippen molar-refractivity contribution in [3.8, 4) is 0 Å². The summed E-state index contributed by atoms with van der Waals surface area (Å²) in [6.45, 7) is 2.00. The number of amides is 2. The molecule has 0 unspecified atom stereocenters. The van der Waals surface area contributed by atoms with Gasteiger partial charge in [-0.25, -0.2) is 0 Å². The highest BCUT2D eigenvalue weighted by molar-refractivity contribution is 6.42. The van der Waals surface area contributed by atoms with Gasteiger partial charge in [0.25, 0.3) is 0 Å². The number of carbonyl (C=O) groups is 3. The second-order valence-electron chi connectivity index (χ2n) is 8.58. The number of aromatic amines is 1. The van der Waals surface area contributed by atoms with E-state index < -0.39 is 29.9 Å². The molecule has 2 amide bonds. The zero-order chi connectivity index (χ0) is 25.4. The maximum absolute atomic E-state index is 13.0. The number of benzene rings is 2. The molecule has 2 aromatic carbocycles. The number of hydrogen-bond acceptors (Lipinski definition) is 4. The topological polar surface area (TPSA) is 117 Å². The van der Waals surface area contributed by atoms with Gasteiger partial charge in [-0.3, -0.25) is 9.59 Å². The predicted molar refractivity (Wildman–Crippen MR) is 140 cm³/mol. The number of aromatic nitrogens is 1. The summed E-state index contributed by atoms with van der Waals surface area (Å²) < 4.78 is 0. The Labute approximate surface area is 214 Å². The lowest BCUT2D eigenvalue weighted by Crippen LogP contribution is -2.54. The maximum atomic E-state index is 13.0. The number of carbonyl (C=O) groups excluding carboxylic acids is 3. The molecule has 5 N–H and O–H groups in total. The smallest absolute Gasteiger partial charge is 0.243 e. The zero-order valence-electron chi connectivity index (χ0n) is 19.5. The monoisotopic (exact) mass is 516 g/mol. The number of unbranched alkanes of at least 4 members (excludes halogenated alkanes) is 1. The van der Waals surface area contributed by atoms with E-state index in [1.54, 1.807) is 18.2 Å². The van der Waals surface area contributed by atoms with E-state index in [0.29, 0.717) is 29.2 Å². The predicted octanol–water partition coefficient (Wildman–Crippen LogP) is 3.95. The highest BCUT2D eigenvalue weighted by atomic mass is 35.5. The van der Waals surface area contributed by atoms with Crippen molar-refractivity contribution in [1.82, 2.24) is 15.6 Å². The molecular weight excluding hydrogens is 487 g/mol. The van der Waals surface area contributed by atoms with Gasteiger partial charge in [-0.2, -0.15) is 0 Å². The molecule has 9 heteroatoms. The summed E-state index contributed by atoms with van der Waals surface area (Å²) in [4.78, 5) is 40.7. The van der Waals surface area contributed by atoms with Gasteiger partial charge in [0.15, 0.2) is 0 Å².